The van der Waals surface area contributed by atoms with E-state index in [1.165, 1.54) is 4.90 Å². The SMILES string of the molecule is CCNC(=O)N(C)CC(=O)NCCOC. The second-order valence-electron chi connectivity index (χ2n) is 3.03. The number of methoxy groups -OCH3 is 1. The minimum Gasteiger partial charge on any atom is -0.383 e. The highest BCUT2D eigenvalue weighted by Crippen LogP contribution is 1.83. The number of rotatable bonds is 6. The number of nitrogens with one attached hydrogen (secondary N) is 2. The fourth-order valence-electron chi connectivity index (χ4n) is 0.922. The van der Waals surface area contributed by atoms with Crippen molar-refractivity contribution >= 4 is 11.9 Å². The average molecular weight is 217 g/mol. The Morgan fingerprint density at radius 3 is 2.53 bits per heavy atom. The third kappa shape index (κ3) is 6.73. The van der Waals surface area contributed by atoms with E-state index in [4.69, 9.17) is 4.74 Å². The van der Waals surface area contributed by atoms with Gasteiger partial charge in [0.15, 0.2) is 0 Å². The molecule has 0 aromatic heterocycles. The molecule has 6 heteroatoms. The lowest BCUT2D eigenvalue weighted by Crippen LogP contribution is -2.43. The van der Waals surface area contributed by atoms with Crippen LogP contribution in [0.1, 0.15) is 6.92 Å². The largest absolute Gasteiger partial charge is 0.383 e. The number of likely N-dealkylation sites (N-methyl/N-ethyl adjacent to an activating group) is 1. The van der Waals surface area contributed by atoms with Gasteiger partial charge in [0.05, 0.1) is 6.61 Å². The monoisotopic (exact) mass is 217 g/mol. The molecule has 0 unspecified atom stereocenters. The van der Waals surface area contributed by atoms with Crippen LogP contribution in [0.3, 0.4) is 0 Å². The van der Waals surface area contributed by atoms with E-state index in [2.05, 4.69) is 10.6 Å². The number of carbonyl (C=O) groups is 2. The van der Waals surface area contributed by atoms with E-state index in [0.717, 1.165) is 0 Å². The molecular weight excluding hydrogens is 198 g/mol. The first-order valence-corrected chi connectivity index (χ1v) is 4.86. The summed E-state index contributed by atoms with van der Waals surface area (Å²) in [5.41, 5.74) is 0. The molecule has 0 heterocycles. The minimum absolute atomic E-state index is 0.0511. The Hall–Kier alpha value is -1.30. The highest BCUT2D eigenvalue weighted by atomic mass is 16.5. The Labute approximate surface area is 90.0 Å². The maximum atomic E-state index is 11.2. The summed E-state index contributed by atoms with van der Waals surface area (Å²) in [6.07, 6.45) is 0. The molecule has 0 aliphatic carbocycles. The first-order chi connectivity index (χ1) is 7.11. The quantitative estimate of drug-likeness (QED) is 0.584. The highest BCUT2D eigenvalue weighted by Gasteiger charge is 2.10. The minimum atomic E-state index is -0.251. The Kier molecular flexibility index (Phi) is 7.35. The van der Waals surface area contributed by atoms with Gasteiger partial charge in [-0.05, 0) is 6.92 Å². The third-order valence-corrected chi connectivity index (χ3v) is 1.68. The van der Waals surface area contributed by atoms with Crippen molar-refractivity contribution in [1.29, 1.82) is 0 Å². The van der Waals surface area contributed by atoms with Crippen molar-refractivity contribution in [3.8, 4) is 0 Å². The summed E-state index contributed by atoms with van der Waals surface area (Å²) in [6, 6.07) is -0.251. The number of nitrogens with zero attached hydrogens (tertiary/aromatic N) is 1. The molecule has 88 valence electrons. The number of urea groups is 1. The van der Waals surface area contributed by atoms with E-state index < -0.39 is 0 Å². The van der Waals surface area contributed by atoms with E-state index >= 15 is 0 Å². The molecule has 0 aromatic rings. The third-order valence-electron chi connectivity index (χ3n) is 1.68. The molecule has 3 amide bonds. The summed E-state index contributed by atoms with van der Waals surface area (Å²) >= 11 is 0. The zero-order valence-electron chi connectivity index (χ0n) is 9.50. The molecule has 6 nitrogen and oxygen atoms in total. The second kappa shape index (κ2) is 8.05. The molecule has 15 heavy (non-hydrogen) atoms. The lowest BCUT2D eigenvalue weighted by atomic mass is 10.5. The predicted molar refractivity (Wildman–Crippen MR) is 56.6 cm³/mol. The molecule has 0 aliphatic heterocycles. The van der Waals surface area contributed by atoms with Crippen LogP contribution in [0, 0.1) is 0 Å². The van der Waals surface area contributed by atoms with Gasteiger partial charge in [-0.1, -0.05) is 0 Å². The van der Waals surface area contributed by atoms with Gasteiger partial charge >= 0.3 is 6.03 Å². The van der Waals surface area contributed by atoms with E-state index in [-0.39, 0.29) is 18.5 Å². The van der Waals surface area contributed by atoms with Crippen molar-refractivity contribution in [3.05, 3.63) is 0 Å². The van der Waals surface area contributed by atoms with Crippen molar-refractivity contribution < 1.29 is 14.3 Å². The van der Waals surface area contributed by atoms with Gasteiger partial charge in [-0.15, -0.1) is 0 Å². The normalized spacial score (nSPS) is 9.53. The van der Waals surface area contributed by atoms with Crippen LogP contribution in [-0.4, -0.2) is 57.2 Å². The molecule has 0 rings (SSSR count). The van der Waals surface area contributed by atoms with Crippen LogP contribution in [0.2, 0.25) is 0 Å². The summed E-state index contributed by atoms with van der Waals surface area (Å²) < 4.78 is 4.78. The van der Waals surface area contributed by atoms with Crippen LogP contribution in [0.25, 0.3) is 0 Å². The van der Waals surface area contributed by atoms with Gasteiger partial charge in [0.1, 0.15) is 6.54 Å². The van der Waals surface area contributed by atoms with E-state index in [0.29, 0.717) is 19.7 Å². The van der Waals surface area contributed by atoms with Gasteiger partial charge in [-0.3, -0.25) is 4.79 Å². The van der Waals surface area contributed by atoms with Crippen molar-refractivity contribution in [2.45, 2.75) is 6.92 Å². The zero-order valence-corrected chi connectivity index (χ0v) is 9.50. The summed E-state index contributed by atoms with van der Waals surface area (Å²) in [5.74, 6) is -0.194. The number of amides is 3. The summed E-state index contributed by atoms with van der Waals surface area (Å²) in [7, 11) is 3.13. The molecule has 0 spiro atoms. The lowest BCUT2D eigenvalue weighted by molar-refractivity contribution is -0.121. The van der Waals surface area contributed by atoms with Gasteiger partial charge in [-0.2, -0.15) is 0 Å². The molecule has 2 N–H and O–H groups in total. The van der Waals surface area contributed by atoms with Crippen LogP contribution in [-0.2, 0) is 9.53 Å². The van der Waals surface area contributed by atoms with E-state index in [1.54, 1.807) is 14.2 Å². The van der Waals surface area contributed by atoms with Crippen molar-refractivity contribution in [2.75, 3.05) is 40.4 Å². The molecule has 0 radical (unpaired) electrons. The van der Waals surface area contributed by atoms with E-state index in [1.807, 2.05) is 6.92 Å². The highest BCUT2D eigenvalue weighted by molar-refractivity contribution is 5.83. The number of ether oxygens (including phenoxy) is 1. The van der Waals surface area contributed by atoms with Gasteiger partial charge in [0, 0.05) is 27.2 Å². The first-order valence-electron chi connectivity index (χ1n) is 4.86. The van der Waals surface area contributed by atoms with Crippen molar-refractivity contribution in [3.63, 3.8) is 0 Å². The van der Waals surface area contributed by atoms with Crippen LogP contribution < -0.4 is 10.6 Å². The molecule has 0 saturated heterocycles. The molecular formula is C9H19N3O3. The maximum Gasteiger partial charge on any atom is 0.317 e. The van der Waals surface area contributed by atoms with Crippen LogP contribution >= 0.6 is 0 Å². The topological polar surface area (TPSA) is 70.7 Å². The molecule has 0 atom stereocenters. The first kappa shape index (κ1) is 13.7. The van der Waals surface area contributed by atoms with Crippen molar-refractivity contribution in [2.24, 2.45) is 0 Å². The van der Waals surface area contributed by atoms with Crippen molar-refractivity contribution in [1.82, 2.24) is 15.5 Å². The fourth-order valence-corrected chi connectivity index (χ4v) is 0.922. The number of hydrogen-bond donors (Lipinski definition) is 2. The summed E-state index contributed by atoms with van der Waals surface area (Å²) in [5, 5.41) is 5.23. The fraction of sp³-hybridized carbons (Fsp3) is 0.778. The lowest BCUT2D eigenvalue weighted by Gasteiger charge is -2.16. The van der Waals surface area contributed by atoms with Gasteiger partial charge < -0.3 is 20.3 Å². The Morgan fingerprint density at radius 1 is 1.33 bits per heavy atom. The smallest absolute Gasteiger partial charge is 0.317 e. The molecule has 0 saturated carbocycles. The molecule has 0 bridgehead atoms. The maximum absolute atomic E-state index is 11.2. The zero-order chi connectivity index (χ0) is 11.7. The summed E-state index contributed by atoms with van der Waals surface area (Å²) in [4.78, 5) is 23.8. The Bertz CT molecular complexity index is 209. The molecule has 0 aromatic carbocycles. The van der Waals surface area contributed by atoms with Crippen LogP contribution in [0.15, 0.2) is 0 Å². The Morgan fingerprint density at radius 2 is 2.00 bits per heavy atom. The number of hydrogen-bond acceptors (Lipinski definition) is 3. The van der Waals surface area contributed by atoms with Gasteiger partial charge in [-0.25, -0.2) is 4.79 Å². The van der Waals surface area contributed by atoms with Crippen LogP contribution in [0.4, 0.5) is 4.79 Å². The predicted octanol–water partition coefficient (Wildman–Crippen LogP) is -0.590. The van der Waals surface area contributed by atoms with Crippen LogP contribution in [0.5, 0.6) is 0 Å². The number of carbonyl (C=O) groups excluding carboxylic acids is 2. The van der Waals surface area contributed by atoms with Gasteiger partial charge in [0.25, 0.3) is 0 Å². The average Bonchev–Trinajstić information content (AvgIpc) is 2.18. The molecule has 0 fully saturated rings. The second-order valence-corrected chi connectivity index (χ2v) is 3.03. The standard InChI is InChI=1S/C9H19N3O3/c1-4-10-9(14)12(2)7-8(13)11-5-6-15-3/h4-7H2,1-3H3,(H,10,14)(H,11,13). The van der Waals surface area contributed by atoms with E-state index in [9.17, 15) is 9.59 Å². The van der Waals surface area contributed by atoms with Gasteiger partial charge in [0.2, 0.25) is 5.91 Å². The summed E-state index contributed by atoms with van der Waals surface area (Å²) in [6.45, 7) is 3.35. The Balaban J connectivity index is 3.70. The molecule has 0 aliphatic rings.